The van der Waals surface area contributed by atoms with Gasteiger partial charge < -0.3 is 15.4 Å². The highest BCUT2D eigenvalue weighted by atomic mass is 127. The quantitative estimate of drug-likeness (QED) is 0.282. The zero-order valence-corrected chi connectivity index (χ0v) is 16.1. The summed E-state index contributed by atoms with van der Waals surface area (Å²) in [5.74, 6) is 2.05. The van der Waals surface area contributed by atoms with Gasteiger partial charge in [0.15, 0.2) is 5.96 Å². The number of benzene rings is 1. The van der Waals surface area contributed by atoms with Gasteiger partial charge in [0.05, 0.1) is 12.1 Å². The molecular formula is C14H21F3IN3OS. The molecule has 0 aromatic heterocycles. The van der Waals surface area contributed by atoms with Gasteiger partial charge in [-0.3, -0.25) is 4.99 Å². The van der Waals surface area contributed by atoms with Crippen molar-refractivity contribution in [1.29, 1.82) is 0 Å². The molecule has 1 aromatic rings. The van der Waals surface area contributed by atoms with Crippen LogP contribution in [0.15, 0.2) is 29.3 Å². The molecule has 2 N–H and O–H groups in total. The second-order valence-electron chi connectivity index (χ2n) is 4.29. The zero-order valence-electron chi connectivity index (χ0n) is 12.9. The number of alkyl halides is 3. The van der Waals surface area contributed by atoms with Crippen molar-refractivity contribution in [2.24, 2.45) is 4.99 Å². The maximum absolute atomic E-state index is 12.4. The third kappa shape index (κ3) is 9.14. The van der Waals surface area contributed by atoms with E-state index in [1.165, 1.54) is 12.1 Å². The molecule has 1 rings (SSSR count). The van der Waals surface area contributed by atoms with E-state index < -0.39 is 11.7 Å². The lowest BCUT2D eigenvalue weighted by molar-refractivity contribution is -0.137. The molecule has 0 atom stereocenters. The summed E-state index contributed by atoms with van der Waals surface area (Å²) >= 11 is 1.73. The Hall–Kier alpha value is -0.840. The highest BCUT2D eigenvalue weighted by molar-refractivity contribution is 14.0. The van der Waals surface area contributed by atoms with Crippen molar-refractivity contribution < 1.29 is 17.9 Å². The fourth-order valence-corrected chi connectivity index (χ4v) is 1.88. The standard InChI is InChI=1S/C14H20F3N3OS.HI/c1-18-13(20-8-10-22-2)19-7-9-21-12-5-3-11(4-6-12)14(15,16)17;/h3-6H,7-10H2,1-2H3,(H2,18,19,20);1H. The molecule has 0 saturated heterocycles. The van der Waals surface area contributed by atoms with E-state index in [0.717, 1.165) is 24.4 Å². The van der Waals surface area contributed by atoms with E-state index in [1.807, 2.05) is 6.26 Å². The predicted octanol–water partition coefficient (Wildman–Crippen LogP) is 3.23. The fourth-order valence-electron chi connectivity index (χ4n) is 1.57. The summed E-state index contributed by atoms with van der Waals surface area (Å²) in [5, 5.41) is 6.19. The van der Waals surface area contributed by atoms with Gasteiger partial charge in [-0.25, -0.2) is 0 Å². The second-order valence-corrected chi connectivity index (χ2v) is 5.27. The number of guanidine groups is 1. The highest BCUT2D eigenvalue weighted by Crippen LogP contribution is 2.30. The van der Waals surface area contributed by atoms with Gasteiger partial charge in [-0.05, 0) is 30.5 Å². The molecule has 23 heavy (non-hydrogen) atoms. The minimum absolute atomic E-state index is 0. The van der Waals surface area contributed by atoms with Gasteiger partial charge in [-0.1, -0.05) is 0 Å². The van der Waals surface area contributed by atoms with Crippen LogP contribution < -0.4 is 15.4 Å². The van der Waals surface area contributed by atoms with Crippen LogP contribution in [-0.4, -0.2) is 44.7 Å². The van der Waals surface area contributed by atoms with Crippen LogP contribution in [0.3, 0.4) is 0 Å². The number of nitrogens with zero attached hydrogens (tertiary/aromatic N) is 1. The van der Waals surface area contributed by atoms with Gasteiger partial charge in [-0.15, -0.1) is 24.0 Å². The van der Waals surface area contributed by atoms with E-state index in [-0.39, 0.29) is 24.0 Å². The molecule has 0 unspecified atom stereocenters. The van der Waals surface area contributed by atoms with Gasteiger partial charge >= 0.3 is 6.18 Å². The molecular weight excluding hydrogens is 442 g/mol. The summed E-state index contributed by atoms with van der Waals surface area (Å²) in [5.41, 5.74) is -0.684. The lowest BCUT2D eigenvalue weighted by Crippen LogP contribution is -2.40. The van der Waals surface area contributed by atoms with Crippen molar-refractivity contribution in [2.75, 3.05) is 38.8 Å². The number of ether oxygens (including phenoxy) is 1. The number of rotatable bonds is 7. The number of aliphatic imine (C=N–C) groups is 1. The first kappa shape index (κ1) is 22.2. The monoisotopic (exact) mass is 463 g/mol. The Labute approximate surface area is 155 Å². The Bertz CT molecular complexity index is 469. The summed E-state index contributed by atoms with van der Waals surface area (Å²) in [6.07, 6.45) is -2.30. The summed E-state index contributed by atoms with van der Waals surface area (Å²) < 4.78 is 42.6. The molecule has 0 fully saturated rings. The first-order valence-electron chi connectivity index (χ1n) is 6.71. The summed E-state index contributed by atoms with van der Waals surface area (Å²) in [7, 11) is 1.67. The third-order valence-corrected chi connectivity index (χ3v) is 3.28. The van der Waals surface area contributed by atoms with Crippen LogP contribution in [0.2, 0.25) is 0 Å². The second kappa shape index (κ2) is 11.7. The molecule has 0 radical (unpaired) electrons. The van der Waals surface area contributed by atoms with Gasteiger partial charge in [0, 0.05) is 19.3 Å². The Morgan fingerprint density at radius 1 is 1.17 bits per heavy atom. The van der Waals surface area contributed by atoms with Crippen molar-refractivity contribution >= 4 is 41.7 Å². The topological polar surface area (TPSA) is 45.7 Å². The average molecular weight is 463 g/mol. The van der Waals surface area contributed by atoms with Gasteiger partial charge in [0.1, 0.15) is 12.4 Å². The van der Waals surface area contributed by atoms with Crippen LogP contribution in [-0.2, 0) is 6.18 Å². The van der Waals surface area contributed by atoms with E-state index in [2.05, 4.69) is 15.6 Å². The van der Waals surface area contributed by atoms with Crippen LogP contribution in [0.1, 0.15) is 5.56 Å². The molecule has 0 spiro atoms. The van der Waals surface area contributed by atoms with Gasteiger partial charge in [-0.2, -0.15) is 24.9 Å². The van der Waals surface area contributed by atoms with Crippen LogP contribution >= 0.6 is 35.7 Å². The van der Waals surface area contributed by atoms with Crippen LogP contribution in [0, 0.1) is 0 Å². The molecule has 0 bridgehead atoms. The van der Waals surface area contributed by atoms with Crippen LogP contribution in [0.25, 0.3) is 0 Å². The average Bonchev–Trinajstić information content (AvgIpc) is 2.49. The number of hydrogen-bond acceptors (Lipinski definition) is 3. The Morgan fingerprint density at radius 3 is 2.30 bits per heavy atom. The summed E-state index contributed by atoms with van der Waals surface area (Å²) in [4.78, 5) is 4.05. The maximum Gasteiger partial charge on any atom is 0.416 e. The molecule has 0 aliphatic heterocycles. The summed E-state index contributed by atoms with van der Waals surface area (Å²) in [6, 6.07) is 4.64. The minimum atomic E-state index is -4.32. The number of thioether (sulfide) groups is 1. The molecule has 9 heteroatoms. The normalized spacial score (nSPS) is 11.6. The van der Waals surface area contributed by atoms with Crippen LogP contribution in [0.4, 0.5) is 13.2 Å². The molecule has 4 nitrogen and oxygen atoms in total. The number of hydrogen-bond donors (Lipinski definition) is 2. The fraction of sp³-hybridized carbons (Fsp3) is 0.500. The van der Waals surface area contributed by atoms with Crippen molar-refractivity contribution in [3.05, 3.63) is 29.8 Å². The number of halogens is 4. The van der Waals surface area contributed by atoms with E-state index in [4.69, 9.17) is 4.74 Å². The Morgan fingerprint density at radius 2 is 1.78 bits per heavy atom. The molecule has 0 amide bonds. The largest absolute Gasteiger partial charge is 0.492 e. The SMILES string of the molecule is CN=C(NCCOc1ccc(C(F)(F)F)cc1)NCCSC.I. The van der Waals surface area contributed by atoms with Crippen molar-refractivity contribution in [1.82, 2.24) is 10.6 Å². The molecule has 0 aliphatic carbocycles. The molecule has 0 aliphatic rings. The Balaban J connectivity index is 0.00000484. The predicted molar refractivity (Wildman–Crippen MR) is 100 cm³/mol. The lowest BCUT2D eigenvalue weighted by atomic mass is 10.2. The first-order valence-corrected chi connectivity index (χ1v) is 8.10. The molecule has 1 aromatic carbocycles. The zero-order chi connectivity index (χ0) is 16.4. The Kier molecular flexibility index (Phi) is 11.2. The van der Waals surface area contributed by atoms with E-state index in [9.17, 15) is 13.2 Å². The van der Waals surface area contributed by atoms with Crippen molar-refractivity contribution in [3.63, 3.8) is 0 Å². The molecule has 132 valence electrons. The highest BCUT2D eigenvalue weighted by Gasteiger charge is 2.29. The van der Waals surface area contributed by atoms with Gasteiger partial charge in [0.25, 0.3) is 0 Å². The van der Waals surface area contributed by atoms with E-state index in [0.29, 0.717) is 24.9 Å². The van der Waals surface area contributed by atoms with E-state index >= 15 is 0 Å². The number of nitrogens with one attached hydrogen (secondary N) is 2. The molecule has 0 saturated carbocycles. The van der Waals surface area contributed by atoms with E-state index in [1.54, 1.807) is 18.8 Å². The molecule has 0 heterocycles. The maximum atomic E-state index is 12.4. The summed E-state index contributed by atoms with van der Waals surface area (Å²) in [6.45, 7) is 1.63. The lowest BCUT2D eigenvalue weighted by Gasteiger charge is -2.12. The smallest absolute Gasteiger partial charge is 0.416 e. The first-order chi connectivity index (χ1) is 10.5. The third-order valence-electron chi connectivity index (χ3n) is 2.67. The van der Waals surface area contributed by atoms with Gasteiger partial charge in [0.2, 0.25) is 0 Å². The van der Waals surface area contributed by atoms with Crippen molar-refractivity contribution in [2.45, 2.75) is 6.18 Å². The minimum Gasteiger partial charge on any atom is -0.492 e. The van der Waals surface area contributed by atoms with Crippen LogP contribution in [0.5, 0.6) is 5.75 Å². The van der Waals surface area contributed by atoms with Crippen molar-refractivity contribution in [3.8, 4) is 5.75 Å².